The number of carbonyl (C=O) groups is 1. The lowest BCUT2D eigenvalue weighted by Crippen LogP contribution is -2.55. The summed E-state index contributed by atoms with van der Waals surface area (Å²) >= 11 is 0. The number of hydrogen-bond acceptors (Lipinski definition) is 3. The molecule has 3 aromatic carbocycles. The molecule has 0 radical (unpaired) electrons. The quantitative estimate of drug-likeness (QED) is 0.698. The van der Waals surface area contributed by atoms with Gasteiger partial charge in [0.05, 0.1) is 6.10 Å². The predicted molar refractivity (Wildman–Crippen MR) is 102 cm³/mol. The molecule has 0 fully saturated rings. The van der Waals surface area contributed by atoms with Gasteiger partial charge < -0.3 is 5.11 Å². The molecule has 0 heterocycles. The minimum atomic E-state index is -1.13. The van der Waals surface area contributed by atoms with Gasteiger partial charge in [-0.2, -0.15) is 0 Å². The maximum absolute atomic E-state index is 13.5. The van der Waals surface area contributed by atoms with Crippen molar-refractivity contribution >= 4 is 5.78 Å². The smallest absolute Gasteiger partial charge is 0.190 e. The van der Waals surface area contributed by atoms with E-state index in [2.05, 4.69) is 5.32 Å². The second kappa shape index (κ2) is 6.87. The summed E-state index contributed by atoms with van der Waals surface area (Å²) in [5.41, 5.74) is 2.43. The third-order valence-electron chi connectivity index (χ3n) is 5.16. The van der Waals surface area contributed by atoms with E-state index < -0.39 is 11.6 Å². The fraction of sp³-hybridized carbons (Fsp3) is 0.174. The van der Waals surface area contributed by atoms with Gasteiger partial charge in [-0.25, -0.2) is 0 Å². The summed E-state index contributed by atoms with van der Waals surface area (Å²) in [6.07, 6.45) is -0.340. The van der Waals surface area contributed by atoms with Crippen LogP contribution in [0.25, 0.3) is 0 Å². The normalized spacial score (nSPS) is 21.3. The number of rotatable bonds is 5. The molecule has 0 spiro atoms. The molecule has 0 aliphatic heterocycles. The fourth-order valence-electron chi connectivity index (χ4n) is 3.85. The van der Waals surface area contributed by atoms with Crippen molar-refractivity contribution in [2.75, 3.05) is 0 Å². The number of aliphatic hydroxyl groups excluding tert-OH is 1. The Balaban J connectivity index is 1.78. The lowest BCUT2D eigenvalue weighted by Gasteiger charge is -2.34. The second-order valence-electron chi connectivity index (χ2n) is 6.72. The van der Waals surface area contributed by atoms with Crippen molar-refractivity contribution in [3.8, 4) is 0 Å². The lowest BCUT2D eigenvalue weighted by molar-refractivity contribution is 0.0504. The summed E-state index contributed by atoms with van der Waals surface area (Å²) in [5.74, 6) is -0.0912. The molecule has 3 aromatic rings. The summed E-state index contributed by atoms with van der Waals surface area (Å²) in [7, 11) is 0. The Labute approximate surface area is 153 Å². The van der Waals surface area contributed by atoms with E-state index in [1.54, 1.807) is 0 Å². The summed E-state index contributed by atoms with van der Waals surface area (Å²) in [6.45, 7) is 0.505. The molecule has 0 amide bonds. The predicted octanol–water partition coefficient (Wildman–Crippen LogP) is 3.47. The number of benzene rings is 3. The molecule has 2 unspecified atom stereocenters. The highest BCUT2D eigenvalue weighted by molar-refractivity contribution is 6.05. The van der Waals surface area contributed by atoms with Gasteiger partial charge in [0.15, 0.2) is 5.78 Å². The SMILES string of the molecule is O=C(c1ccccc1)C1(NCc2ccccc2)c2ccccc2CC1O. The molecule has 3 heteroatoms. The van der Waals surface area contributed by atoms with Crippen LogP contribution in [-0.2, 0) is 18.5 Å². The average molecular weight is 343 g/mol. The minimum Gasteiger partial charge on any atom is -0.390 e. The standard InChI is InChI=1S/C23H21NO2/c25-21-15-19-13-7-8-14-20(19)23(21,22(26)18-11-5-2-6-12-18)24-16-17-9-3-1-4-10-17/h1-14,21,24-25H,15-16H2. The number of Topliss-reactive ketones (excluding diaryl/α,β-unsaturated/α-hetero) is 1. The van der Waals surface area contributed by atoms with Gasteiger partial charge in [-0.1, -0.05) is 84.9 Å². The van der Waals surface area contributed by atoms with Crippen LogP contribution >= 0.6 is 0 Å². The van der Waals surface area contributed by atoms with E-state index in [0.717, 1.165) is 16.7 Å². The highest BCUT2D eigenvalue weighted by atomic mass is 16.3. The number of hydrogen-bond donors (Lipinski definition) is 2. The highest BCUT2D eigenvalue weighted by Crippen LogP contribution is 2.40. The maximum Gasteiger partial charge on any atom is 0.190 e. The number of fused-ring (bicyclic) bond motifs is 1. The second-order valence-corrected chi connectivity index (χ2v) is 6.72. The van der Waals surface area contributed by atoms with Crippen LogP contribution in [0.3, 0.4) is 0 Å². The molecule has 130 valence electrons. The molecule has 3 nitrogen and oxygen atoms in total. The van der Waals surface area contributed by atoms with Gasteiger partial charge in [0.2, 0.25) is 0 Å². The molecule has 1 aliphatic rings. The zero-order valence-corrected chi connectivity index (χ0v) is 14.4. The molecule has 0 aromatic heterocycles. The first kappa shape index (κ1) is 16.7. The zero-order chi connectivity index (χ0) is 18.0. The van der Waals surface area contributed by atoms with Crippen LogP contribution in [0.15, 0.2) is 84.9 Å². The summed E-state index contributed by atoms with van der Waals surface area (Å²) in [6, 6.07) is 27.0. The van der Waals surface area contributed by atoms with E-state index in [9.17, 15) is 9.90 Å². The Hall–Kier alpha value is -2.75. The average Bonchev–Trinajstić information content (AvgIpc) is 2.99. The Bertz CT molecular complexity index is 908. The van der Waals surface area contributed by atoms with Crippen LogP contribution in [-0.4, -0.2) is 17.0 Å². The Morgan fingerprint density at radius 2 is 1.54 bits per heavy atom. The fourth-order valence-corrected chi connectivity index (χ4v) is 3.85. The van der Waals surface area contributed by atoms with Gasteiger partial charge >= 0.3 is 0 Å². The van der Waals surface area contributed by atoms with Crippen molar-refractivity contribution < 1.29 is 9.90 Å². The third-order valence-corrected chi connectivity index (χ3v) is 5.16. The molecule has 0 saturated carbocycles. The molecular weight excluding hydrogens is 322 g/mol. The van der Waals surface area contributed by atoms with Crippen molar-refractivity contribution in [1.29, 1.82) is 0 Å². The van der Waals surface area contributed by atoms with Crippen molar-refractivity contribution in [2.24, 2.45) is 0 Å². The van der Waals surface area contributed by atoms with Gasteiger partial charge in [-0.15, -0.1) is 0 Å². The van der Waals surface area contributed by atoms with Crippen LogP contribution in [0.5, 0.6) is 0 Å². The summed E-state index contributed by atoms with van der Waals surface area (Å²) in [5, 5.41) is 14.4. The Kier molecular flexibility index (Phi) is 4.41. The van der Waals surface area contributed by atoms with Crippen LogP contribution < -0.4 is 5.32 Å². The van der Waals surface area contributed by atoms with Crippen LogP contribution in [0.1, 0.15) is 27.0 Å². The topological polar surface area (TPSA) is 49.3 Å². The maximum atomic E-state index is 13.5. The number of carbonyl (C=O) groups excluding carboxylic acids is 1. The van der Waals surface area contributed by atoms with E-state index in [1.165, 1.54) is 0 Å². The summed E-state index contributed by atoms with van der Waals surface area (Å²) in [4.78, 5) is 13.5. The molecule has 0 saturated heterocycles. The van der Waals surface area contributed by atoms with Gasteiger partial charge in [0.25, 0.3) is 0 Å². The van der Waals surface area contributed by atoms with E-state index in [1.807, 2.05) is 84.9 Å². The van der Waals surface area contributed by atoms with E-state index in [4.69, 9.17) is 0 Å². The van der Waals surface area contributed by atoms with Crippen LogP contribution in [0.2, 0.25) is 0 Å². The van der Waals surface area contributed by atoms with Crippen molar-refractivity contribution in [2.45, 2.75) is 24.6 Å². The minimum absolute atomic E-state index is 0.0912. The zero-order valence-electron chi connectivity index (χ0n) is 14.4. The molecular formula is C23H21NO2. The first-order chi connectivity index (χ1) is 12.7. The number of aliphatic hydroxyl groups is 1. The lowest BCUT2D eigenvalue weighted by atomic mass is 9.82. The van der Waals surface area contributed by atoms with E-state index in [0.29, 0.717) is 18.5 Å². The number of nitrogens with one attached hydrogen (secondary N) is 1. The van der Waals surface area contributed by atoms with Crippen LogP contribution in [0.4, 0.5) is 0 Å². The highest BCUT2D eigenvalue weighted by Gasteiger charge is 2.51. The van der Waals surface area contributed by atoms with Gasteiger partial charge in [0, 0.05) is 18.5 Å². The van der Waals surface area contributed by atoms with Gasteiger partial charge in [-0.3, -0.25) is 10.1 Å². The van der Waals surface area contributed by atoms with E-state index >= 15 is 0 Å². The molecule has 2 atom stereocenters. The van der Waals surface area contributed by atoms with Crippen LogP contribution in [0, 0.1) is 0 Å². The first-order valence-electron chi connectivity index (χ1n) is 8.87. The van der Waals surface area contributed by atoms with Crippen molar-refractivity contribution in [1.82, 2.24) is 5.32 Å². The first-order valence-corrected chi connectivity index (χ1v) is 8.87. The molecule has 0 bridgehead atoms. The third kappa shape index (κ3) is 2.75. The molecule has 2 N–H and O–H groups in total. The van der Waals surface area contributed by atoms with Gasteiger partial charge in [0.1, 0.15) is 5.54 Å². The van der Waals surface area contributed by atoms with Crippen molar-refractivity contribution in [3.05, 3.63) is 107 Å². The monoisotopic (exact) mass is 343 g/mol. The van der Waals surface area contributed by atoms with E-state index in [-0.39, 0.29) is 5.78 Å². The Morgan fingerprint density at radius 1 is 0.923 bits per heavy atom. The number of ketones is 1. The largest absolute Gasteiger partial charge is 0.390 e. The van der Waals surface area contributed by atoms with Crippen molar-refractivity contribution in [3.63, 3.8) is 0 Å². The molecule has 1 aliphatic carbocycles. The summed E-state index contributed by atoms with van der Waals surface area (Å²) < 4.78 is 0. The van der Waals surface area contributed by atoms with Gasteiger partial charge in [-0.05, 0) is 16.7 Å². The Morgan fingerprint density at radius 3 is 2.27 bits per heavy atom. The molecule has 26 heavy (non-hydrogen) atoms. The molecule has 4 rings (SSSR count).